The number of oxime groups is 1. The van der Waals surface area contributed by atoms with E-state index in [-0.39, 0.29) is 11.5 Å². The molecule has 9 nitrogen and oxygen atoms in total. The van der Waals surface area contributed by atoms with Gasteiger partial charge in [-0.05, 0) is 18.2 Å². The molecule has 0 unspecified atom stereocenters. The smallest absolute Gasteiger partial charge is 0.318 e. The van der Waals surface area contributed by atoms with E-state index < -0.39 is 21.2 Å². The lowest BCUT2D eigenvalue weighted by atomic mass is 10.2. The maximum atomic E-state index is 11.0. The highest BCUT2D eigenvalue weighted by Crippen LogP contribution is 2.35. The molecule has 2 rings (SSSR count). The van der Waals surface area contributed by atoms with Crippen LogP contribution < -0.4 is 4.74 Å². The van der Waals surface area contributed by atoms with Crippen LogP contribution in [0, 0.1) is 20.2 Å². The lowest BCUT2D eigenvalue weighted by molar-refractivity contribution is -0.394. The van der Waals surface area contributed by atoms with Crippen molar-refractivity contribution in [2.75, 3.05) is 0 Å². The first-order chi connectivity index (χ1) is 10.5. The van der Waals surface area contributed by atoms with E-state index in [2.05, 4.69) is 5.16 Å². The van der Waals surface area contributed by atoms with Crippen LogP contribution in [0.1, 0.15) is 5.56 Å². The third kappa shape index (κ3) is 3.15. The van der Waals surface area contributed by atoms with Gasteiger partial charge in [0, 0.05) is 11.6 Å². The molecule has 0 aliphatic heterocycles. The largest absolute Gasteiger partial charge is 0.449 e. The van der Waals surface area contributed by atoms with E-state index in [0.29, 0.717) is 5.56 Å². The van der Waals surface area contributed by atoms with Crippen molar-refractivity contribution in [2.24, 2.45) is 5.16 Å². The predicted octanol–water partition coefficient (Wildman–Crippen LogP) is 3.10. The molecule has 0 heterocycles. The molecule has 0 spiro atoms. The number of hydrogen-bond acceptors (Lipinski definition) is 7. The van der Waals surface area contributed by atoms with Crippen molar-refractivity contribution in [3.63, 3.8) is 0 Å². The van der Waals surface area contributed by atoms with Gasteiger partial charge in [-0.1, -0.05) is 17.3 Å². The topological polar surface area (TPSA) is 128 Å². The van der Waals surface area contributed by atoms with E-state index in [1.54, 1.807) is 18.2 Å². The van der Waals surface area contributed by atoms with Gasteiger partial charge in [0.2, 0.25) is 5.75 Å². The first-order valence-corrected chi connectivity index (χ1v) is 5.90. The summed E-state index contributed by atoms with van der Waals surface area (Å²) in [4.78, 5) is 20.2. The maximum Gasteiger partial charge on any atom is 0.318 e. The average molecular weight is 303 g/mol. The fraction of sp³-hybridized carbons (Fsp3) is 0. The molecule has 112 valence electrons. The molecule has 0 amide bonds. The molecule has 1 N–H and O–H groups in total. The molecule has 9 heteroatoms. The third-order valence-corrected chi connectivity index (χ3v) is 2.69. The van der Waals surface area contributed by atoms with Gasteiger partial charge in [0.25, 0.3) is 5.69 Å². The fourth-order valence-corrected chi connectivity index (χ4v) is 1.71. The zero-order valence-electron chi connectivity index (χ0n) is 10.9. The monoisotopic (exact) mass is 303 g/mol. The Kier molecular flexibility index (Phi) is 4.27. The first kappa shape index (κ1) is 14.9. The number of ether oxygens (including phenoxy) is 1. The molecule has 0 bridgehead atoms. The van der Waals surface area contributed by atoms with Gasteiger partial charge in [-0.15, -0.1) is 0 Å². The van der Waals surface area contributed by atoms with Gasteiger partial charge >= 0.3 is 5.69 Å². The van der Waals surface area contributed by atoms with Crippen molar-refractivity contribution in [1.29, 1.82) is 0 Å². The molecule has 0 fully saturated rings. The minimum absolute atomic E-state index is 0.158. The second-order valence-corrected chi connectivity index (χ2v) is 4.05. The van der Waals surface area contributed by atoms with Gasteiger partial charge in [-0.3, -0.25) is 20.2 Å². The molecule has 2 aromatic rings. The van der Waals surface area contributed by atoms with E-state index in [0.717, 1.165) is 24.4 Å². The summed E-state index contributed by atoms with van der Waals surface area (Å²) in [5.74, 6) is 0.0478. The Labute approximate surface area is 123 Å². The number of hydrogen-bond donors (Lipinski definition) is 1. The van der Waals surface area contributed by atoms with Crippen LogP contribution in [0.3, 0.4) is 0 Å². The van der Waals surface area contributed by atoms with Crippen molar-refractivity contribution < 1.29 is 19.8 Å². The molecule has 0 saturated carbocycles. The number of rotatable bonds is 5. The Morgan fingerprint density at radius 2 is 1.77 bits per heavy atom. The summed E-state index contributed by atoms with van der Waals surface area (Å²) in [7, 11) is 0. The second kappa shape index (κ2) is 6.31. The van der Waals surface area contributed by atoms with Crippen LogP contribution in [0.5, 0.6) is 11.5 Å². The number of benzene rings is 2. The molecule has 0 saturated heterocycles. The zero-order chi connectivity index (χ0) is 16.1. The Bertz CT molecular complexity index is 759. The van der Waals surface area contributed by atoms with E-state index in [4.69, 9.17) is 9.94 Å². The summed E-state index contributed by atoms with van der Waals surface area (Å²) >= 11 is 0. The van der Waals surface area contributed by atoms with Crippen LogP contribution in [0.15, 0.2) is 47.6 Å². The summed E-state index contributed by atoms with van der Waals surface area (Å²) in [6.45, 7) is 0. The highest BCUT2D eigenvalue weighted by atomic mass is 16.6. The minimum Gasteiger partial charge on any atom is -0.449 e. The van der Waals surface area contributed by atoms with E-state index in [1.165, 1.54) is 6.07 Å². The first-order valence-electron chi connectivity index (χ1n) is 5.90. The molecule has 0 aromatic heterocycles. The SMILES string of the molecule is O=[N+]([O-])c1ccc(Oc2ccccc2C=NO)c([N+](=O)[O-])c1. The van der Waals surface area contributed by atoms with E-state index in [1.807, 2.05) is 0 Å². The number of non-ortho nitro benzene ring substituents is 1. The number of nitrogens with zero attached hydrogens (tertiary/aromatic N) is 3. The van der Waals surface area contributed by atoms with Crippen LogP contribution in [-0.2, 0) is 0 Å². The Morgan fingerprint density at radius 3 is 2.41 bits per heavy atom. The molecular formula is C13H9N3O6. The summed E-state index contributed by atoms with van der Waals surface area (Å²) in [5, 5.41) is 33.2. The predicted molar refractivity (Wildman–Crippen MR) is 75.6 cm³/mol. The molecule has 0 atom stereocenters. The van der Waals surface area contributed by atoms with Gasteiger partial charge in [-0.2, -0.15) is 0 Å². The number of nitro benzene ring substituents is 2. The standard InChI is InChI=1S/C13H9N3O6/c17-14-8-9-3-1-2-4-12(9)22-13-6-5-10(15(18)19)7-11(13)16(20)21/h1-8,17H. The van der Waals surface area contributed by atoms with Crippen LogP contribution >= 0.6 is 0 Å². The van der Waals surface area contributed by atoms with Crippen LogP contribution in [0.4, 0.5) is 11.4 Å². The van der Waals surface area contributed by atoms with Crippen LogP contribution in [0.25, 0.3) is 0 Å². The van der Waals surface area contributed by atoms with Gasteiger partial charge < -0.3 is 9.94 Å². The molecule has 22 heavy (non-hydrogen) atoms. The third-order valence-electron chi connectivity index (χ3n) is 2.69. The van der Waals surface area contributed by atoms with Crippen LogP contribution in [-0.4, -0.2) is 21.3 Å². The van der Waals surface area contributed by atoms with E-state index in [9.17, 15) is 20.2 Å². The Balaban J connectivity index is 2.46. The Morgan fingerprint density at radius 1 is 1.05 bits per heavy atom. The van der Waals surface area contributed by atoms with E-state index >= 15 is 0 Å². The van der Waals surface area contributed by atoms with Gasteiger partial charge in [0.1, 0.15) is 5.75 Å². The molecule has 0 aliphatic rings. The fourth-order valence-electron chi connectivity index (χ4n) is 1.71. The van der Waals surface area contributed by atoms with Gasteiger partial charge in [-0.25, -0.2) is 0 Å². The average Bonchev–Trinajstić information content (AvgIpc) is 2.49. The van der Waals surface area contributed by atoms with Gasteiger partial charge in [0.05, 0.1) is 22.1 Å². The number of nitro groups is 2. The summed E-state index contributed by atoms with van der Waals surface area (Å²) < 4.78 is 5.42. The maximum absolute atomic E-state index is 11.0. The summed E-state index contributed by atoms with van der Waals surface area (Å²) in [6.07, 6.45) is 1.10. The van der Waals surface area contributed by atoms with Crippen molar-refractivity contribution in [3.05, 3.63) is 68.3 Å². The lowest BCUT2D eigenvalue weighted by Crippen LogP contribution is -1.97. The molecule has 0 radical (unpaired) electrons. The van der Waals surface area contributed by atoms with Crippen LogP contribution in [0.2, 0.25) is 0 Å². The highest BCUT2D eigenvalue weighted by Gasteiger charge is 2.21. The quantitative estimate of drug-likeness (QED) is 0.391. The number of para-hydroxylation sites is 1. The Hall–Kier alpha value is -3.49. The molecular weight excluding hydrogens is 294 g/mol. The van der Waals surface area contributed by atoms with Crippen molar-refractivity contribution >= 4 is 17.6 Å². The zero-order valence-corrected chi connectivity index (χ0v) is 10.9. The minimum atomic E-state index is -0.773. The van der Waals surface area contributed by atoms with Gasteiger partial charge in [0.15, 0.2) is 0 Å². The summed E-state index contributed by atoms with van der Waals surface area (Å²) in [6, 6.07) is 9.44. The van der Waals surface area contributed by atoms with Crippen molar-refractivity contribution in [1.82, 2.24) is 0 Å². The molecule has 0 aliphatic carbocycles. The lowest BCUT2D eigenvalue weighted by Gasteiger charge is -2.08. The second-order valence-electron chi connectivity index (χ2n) is 4.05. The highest BCUT2D eigenvalue weighted by molar-refractivity contribution is 5.83. The summed E-state index contributed by atoms with van der Waals surface area (Å²) in [5.41, 5.74) is -0.563. The van der Waals surface area contributed by atoms with Crippen molar-refractivity contribution in [3.8, 4) is 11.5 Å². The van der Waals surface area contributed by atoms with Crippen molar-refractivity contribution in [2.45, 2.75) is 0 Å². The molecule has 2 aromatic carbocycles. The normalized spacial score (nSPS) is 10.5.